The fraction of sp³-hybridized carbons (Fsp3) is 0.462. The largest absolute Gasteiger partial charge is 0.345 e. The molecule has 122 valence electrons. The monoisotopic (exact) mass is 364 g/mol. The summed E-state index contributed by atoms with van der Waals surface area (Å²) in [6.45, 7) is 0. The van der Waals surface area contributed by atoms with Gasteiger partial charge in [-0.15, -0.1) is 12.4 Å². The smallest absolute Gasteiger partial charge is 0.243 e. The summed E-state index contributed by atoms with van der Waals surface area (Å²) < 4.78 is 27.9. The van der Waals surface area contributed by atoms with E-state index in [1.54, 1.807) is 6.07 Å². The lowest BCUT2D eigenvalue weighted by atomic mass is 9.93. The zero-order valence-corrected chi connectivity index (χ0v) is 14.1. The molecule has 0 bridgehead atoms. The normalized spacial score (nSPS) is 22.5. The van der Waals surface area contributed by atoms with Crippen LogP contribution in [0.2, 0.25) is 5.02 Å². The molecule has 0 aromatic carbocycles. The Kier molecular flexibility index (Phi) is 5.34. The predicted octanol–water partition coefficient (Wildman–Crippen LogP) is 2.19. The van der Waals surface area contributed by atoms with E-state index in [1.165, 1.54) is 12.4 Å². The van der Waals surface area contributed by atoms with Crippen LogP contribution in [0.15, 0.2) is 23.4 Å². The molecule has 0 amide bonds. The molecular formula is C13H18Cl2N4O2S. The van der Waals surface area contributed by atoms with Crippen molar-refractivity contribution in [2.45, 2.75) is 42.7 Å². The summed E-state index contributed by atoms with van der Waals surface area (Å²) in [6, 6.07) is 1.68. The number of fused-ring (bicyclic) bond motifs is 1. The van der Waals surface area contributed by atoms with Gasteiger partial charge in [-0.3, -0.25) is 0 Å². The third-order valence-corrected chi connectivity index (χ3v) is 5.73. The lowest BCUT2D eigenvalue weighted by Crippen LogP contribution is -2.40. The van der Waals surface area contributed by atoms with Crippen molar-refractivity contribution in [2.75, 3.05) is 0 Å². The number of hydrogen-bond acceptors (Lipinski definition) is 4. The highest BCUT2D eigenvalue weighted by molar-refractivity contribution is 7.89. The first-order valence-electron chi connectivity index (χ1n) is 6.87. The number of halogens is 2. The second-order valence-corrected chi connectivity index (χ2v) is 7.49. The van der Waals surface area contributed by atoms with Crippen LogP contribution >= 0.6 is 24.0 Å². The predicted molar refractivity (Wildman–Crippen MR) is 88.9 cm³/mol. The van der Waals surface area contributed by atoms with Gasteiger partial charge in [0.1, 0.15) is 10.5 Å². The van der Waals surface area contributed by atoms with Gasteiger partial charge in [0.05, 0.1) is 10.4 Å². The number of sulfonamides is 1. The number of nitrogens with zero attached hydrogens (tertiary/aromatic N) is 1. The molecule has 4 N–H and O–H groups in total. The third-order valence-electron chi connectivity index (χ3n) is 3.87. The highest BCUT2D eigenvalue weighted by Gasteiger charge is 2.27. The van der Waals surface area contributed by atoms with Gasteiger partial charge in [-0.25, -0.2) is 18.1 Å². The van der Waals surface area contributed by atoms with Crippen LogP contribution in [0.3, 0.4) is 0 Å². The Morgan fingerprint density at radius 3 is 2.68 bits per heavy atom. The van der Waals surface area contributed by atoms with E-state index in [4.69, 9.17) is 17.3 Å². The van der Waals surface area contributed by atoms with Crippen LogP contribution in [-0.4, -0.2) is 30.5 Å². The molecule has 0 unspecified atom stereocenters. The quantitative estimate of drug-likeness (QED) is 0.776. The summed E-state index contributed by atoms with van der Waals surface area (Å²) in [6.07, 6.45) is 6.16. The van der Waals surface area contributed by atoms with Gasteiger partial charge >= 0.3 is 0 Å². The molecule has 3 rings (SSSR count). The van der Waals surface area contributed by atoms with E-state index in [9.17, 15) is 8.42 Å². The number of rotatable bonds is 3. The number of H-pyrrole nitrogens is 1. The van der Waals surface area contributed by atoms with Gasteiger partial charge < -0.3 is 10.7 Å². The van der Waals surface area contributed by atoms with E-state index >= 15 is 0 Å². The third kappa shape index (κ3) is 3.38. The van der Waals surface area contributed by atoms with Crippen molar-refractivity contribution in [1.29, 1.82) is 0 Å². The fourth-order valence-corrected chi connectivity index (χ4v) is 4.51. The van der Waals surface area contributed by atoms with Gasteiger partial charge in [0.25, 0.3) is 0 Å². The molecule has 0 atom stereocenters. The average molecular weight is 365 g/mol. The van der Waals surface area contributed by atoms with Crippen molar-refractivity contribution < 1.29 is 8.42 Å². The van der Waals surface area contributed by atoms with E-state index in [0.29, 0.717) is 16.1 Å². The van der Waals surface area contributed by atoms with Crippen molar-refractivity contribution >= 4 is 45.1 Å². The van der Waals surface area contributed by atoms with Crippen molar-refractivity contribution in [3.05, 3.63) is 23.5 Å². The van der Waals surface area contributed by atoms with Crippen LogP contribution in [0.25, 0.3) is 11.0 Å². The molecule has 2 aromatic heterocycles. The number of nitrogens with two attached hydrogens (primary N) is 1. The Labute approximate surface area is 140 Å². The van der Waals surface area contributed by atoms with Crippen LogP contribution in [0.5, 0.6) is 0 Å². The Balaban J connectivity index is 0.00000176. The van der Waals surface area contributed by atoms with Gasteiger partial charge in [-0.1, -0.05) is 11.6 Å². The first kappa shape index (κ1) is 17.5. The summed E-state index contributed by atoms with van der Waals surface area (Å²) in [5, 5.41) is 0.798. The van der Waals surface area contributed by atoms with Crippen LogP contribution in [-0.2, 0) is 10.0 Å². The summed E-state index contributed by atoms with van der Waals surface area (Å²) >= 11 is 6.10. The molecule has 1 aliphatic rings. The molecule has 0 radical (unpaired) electrons. The molecule has 0 aliphatic heterocycles. The van der Waals surface area contributed by atoms with Crippen molar-refractivity contribution in [3.63, 3.8) is 0 Å². The summed E-state index contributed by atoms with van der Waals surface area (Å²) in [7, 11) is -3.63. The molecule has 0 spiro atoms. The highest BCUT2D eigenvalue weighted by Crippen LogP contribution is 2.29. The van der Waals surface area contributed by atoms with Crippen LogP contribution in [0.1, 0.15) is 25.7 Å². The summed E-state index contributed by atoms with van der Waals surface area (Å²) in [5.74, 6) is 0. The van der Waals surface area contributed by atoms with E-state index in [-0.39, 0.29) is 29.4 Å². The Morgan fingerprint density at radius 1 is 1.32 bits per heavy atom. The molecule has 9 heteroatoms. The fourth-order valence-electron chi connectivity index (χ4n) is 2.72. The highest BCUT2D eigenvalue weighted by atomic mass is 35.5. The minimum atomic E-state index is -3.63. The van der Waals surface area contributed by atoms with Crippen molar-refractivity contribution in [3.8, 4) is 0 Å². The maximum absolute atomic E-state index is 12.6. The molecule has 1 saturated carbocycles. The second-order valence-electron chi connectivity index (χ2n) is 5.40. The summed E-state index contributed by atoms with van der Waals surface area (Å²) in [4.78, 5) is 7.07. The molecule has 2 heterocycles. The standard InChI is InChI=1S/C13H17ClN4O2S.ClH/c14-10-5-6-16-13-12(10)11(7-17-13)21(19,20)18-9-3-1-8(15)2-4-9;/h5-9,18H,1-4,15H2,(H,16,17);1H. The number of nitrogens with one attached hydrogen (secondary N) is 2. The number of aromatic nitrogens is 2. The topological polar surface area (TPSA) is 101 Å². The van der Waals surface area contributed by atoms with E-state index in [1.807, 2.05) is 0 Å². The van der Waals surface area contributed by atoms with Gasteiger partial charge in [0.2, 0.25) is 10.0 Å². The van der Waals surface area contributed by atoms with E-state index < -0.39 is 10.0 Å². The lowest BCUT2D eigenvalue weighted by Gasteiger charge is -2.26. The maximum atomic E-state index is 12.6. The molecular weight excluding hydrogens is 347 g/mol. The molecule has 22 heavy (non-hydrogen) atoms. The first-order valence-corrected chi connectivity index (χ1v) is 8.73. The van der Waals surface area contributed by atoms with Gasteiger partial charge in [0, 0.05) is 24.5 Å². The SMILES string of the molecule is Cl.NC1CCC(NS(=O)(=O)c2c[nH]c3nccc(Cl)c23)CC1. The number of pyridine rings is 1. The van der Waals surface area contributed by atoms with Crippen LogP contribution in [0, 0.1) is 0 Å². The minimum absolute atomic E-state index is 0. The van der Waals surface area contributed by atoms with Gasteiger partial charge in [-0.2, -0.15) is 0 Å². The number of hydrogen-bond donors (Lipinski definition) is 3. The van der Waals surface area contributed by atoms with E-state index in [0.717, 1.165) is 25.7 Å². The van der Waals surface area contributed by atoms with Gasteiger partial charge in [-0.05, 0) is 31.7 Å². The van der Waals surface area contributed by atoms with E-state index in [2.05, 4.69) is 14.7 Å². The summed E-state index contributed by atoms with van der Waals surface area (Å²) in [5.41, 5.74) is 6.31. The van der Waals surface area contributed by atoms with Crippen molar-refractivity contribution in [2.24, 2.45) is 5.73 Å². The Bertz CT molecular complexity index is 754. The Hall–Kier alpha value is -0.860. The number of aromatic amines is 1. The molecule has 2 aromatic rings. The molecule has 1 aliphatic carbocycles. The van der Waals surface area contributed by atoms with Crippen LogP contribution in [0.4, 0.5) is 0 Å². The van der Waals surface area contributed by atoms with Crippen molar-refractivity contribution in [1.82, 2.24) is 14.7 Å². The first-order chi connectivity index (χ1) is 9.97. The minimum Gasteiger partial charge on any atom is -0.345 e. The average Bonchev–Trinajstić information content (AvgIpc) is 2.87. The molecule has 6 nitrogen and oxygen atoms in total. The molecule has 0 saturated heterocycles. The van der Waals surface area contributed by atoms with Gasteiger partial charge in [0.15, 0.2) is 0 Å². The van der Waals surface area contributed by atoms with Crippen LogP contribution < -0.4 is 10.5 Å². The second kappa shape index (κ2) is 6.72. The molecule has 1 fully saturated rings. The lowest BCUT2D eigenvalue weighted by molar-refractivity contribution is 0.373. The zero-order valence-electron chi connectivity index (χ0n) is 11.8. The Morgan fingerprint density at radius 2 is 2.00 bits per heavy atom. The zero-order chi connectivity index (χ0) is 15.0. The maximum Gasteiger partial charge on any atom is 0.243 e.